The van der Waals surface area contributed by atoms with Gasteiger partial charge in [-0.2, -0.15) is 0 Å². The maximum Gasteiger partial charge on any atom is 0.164 e. The zero-order valence-electron chi connectivity index (χ0n) is 13.3. The molecule has 2 heterocycles. The molecule has 0 amide bonds. The number of aryl methyl sites for hydroxylation is 1. The fourth-order valence-electron chi connectivity index (χ4n) is 2.45. The van der Waals surface area contributed by atoms with E-state index in [0.29, 0.717) is 28.4 Å². The van der Waals surface area contributed by atoms with Crippen molar-refractivity contribution in [3.05, 3.63) is 65.9 Å². The molecule has 3 aromatic rings. The molecular formula is C18H16FN5. The summed E-state index contributed by atoms with van der Waals surface area (Å²) in [6, 6.07) is 9.96. The molecule has 0 saturated heterocycles. The van der Waals surface area contributed by atoms with E-state index < -0.39 is 0 Å². The first-order valence-corrected chi connectivity index (χ1v) is 7.42. The molecule has 0 saturated carbocycles. The first-order valence-electron chi connectivity index (χ1n) is 7.42. The number of pyridine rings is 1. The third kappa shape index (κ3) is 3.12. The molecule has 0 radical (unpaired) electrons. The molecule has 2 aromatic heterocycles. The molecule has 120 valence electrons. The van der Waals surface area contributed by atoms with Gasteiger partial charge in [0.2, 0.25) is 0 Å². The van der Waals surface area contributed by atoms with Gasteiger partial charge in [-0.15, -0.1) is 0 Å². The van der Waals surface area contributed by atoms with Gasteiger partial charge in [0, 0.05) is 23.8 Å². The van der Waals surface area contributed by atoms with E-state index >= 15 is 0 Å². The zero-order chi connectivity index (χ0) is 17.1. The highest BCUT2D eigenvalue weighted by atomic mass is 19.1. The summed E-state index contributed by atoms with van der Waals surface area (Å²) >= 11 is 0. The predicted molar refractivity (Wildman–Crippen MR) is 92.2 cm³/mol. The van der Waals surface area contributed by atoms with Crippen LogP contribution in [-0.4, -0.2) is 20.7 Å². The Hall–Kier alpha value is -3.15. The predicted octanol–water partition coefficient (Wildman–Crippen LogP) is 4.12. The van der Waals surface area contributed by atoms with Crippen molar-refractivity contribution in [2.24, 2.45) is 0 Å². The number of nitrogens with zero attached hydrogens (tertiary/aromatic N) is 3. The Morgan fingerprint density at radius 3 is 2.46 bits per heavy atom. The van der Waals surface area contributed by atoms with Crippen LogP contribution in [-0.2, 0) is 0 Å². The van der Waals surface area contributed by atoms with Crippen LogP contribution in [0.15, 0.2) is 48.8 Å². The van der Waals surface area contributed by atoms with Crippen molar-refractivity contribution >= 4 is 17.2 Å². The molecule has 6 heteroatoms. The number of anilines is 2. The summed E-state index contributed by atoms with van der Waals surface area (Å²) in [5.41, 5.74) is 2.67. The number of hydrogen-bond donors (Lipinski definition) is 2. The average molecular weight is 321 g/mol. The number of rotatable bonds is 4. The fraction of sp³-hybridized carbons (Fsp3) is 0.111. The quantitative estimate of drug-likeness (QED) is 0.709. The Kier molecular flexibility index (Phi) is 4.29. The van der Waals surface area contributed by atoms with Crippen LogP contribution in [0.3, 0.4) is 0 Å². The van der Waals surface area contributed by atoms with Crippen molar-refractivity contribution in [3.63, 3.8) is 0 Å². The van der Waals surface area contributed by atoms with Crippen molar-refractivity contribution in [1.82, 2.24) is 15.0 Å². The van der Waals surface area contributed by atoms with Crippen molar-refractivity contribution < 1.29 is 4.39 Å². The molecule has 0 aliphatic carbocycles. The number of aromatic nitrogens is 3. The van der Waals surface area contributed by atoms with Gasteiger partial charge in [-0.05, 0) is 38.1 Å². The van der Waals surface area contributed by atoms with Gasteiger partial charge < -0.3 is 10.7 Å². The van der Waals surface area contributed by atoms with E-state index in [4.69, 9.17) is 5.41 Å². The summed E-state index contributed by atoms with van der Waals surface area (Å²) in [4.78, 5) is 12.8. The molecule has 2 N–H and O–H groups in total. The molecule has 0 fully saturated rings. The second kappa shape index (κ2) is 6.54. The fourth-order valence-corrected chi connectivity index (χ4v) is 2.45. The summed E-state index contributed by atoms with van der Waals surface area (Å²) in [5, 5.41) is 11.2. The zero-order valence-corrected chi connectivity index (χ0v) is 13.3. The van der Waals surface area contributed by atoms with Crippen LogP contribution in [0.1, 0.15) is 18.2 Å². The number of benzene rings is 1. The second-order valence-corrected chi connectivity index (χ2v) is 5.32. The molecule has 24 heavy (non-hydrogen) atoms. The molecule has 0 atom stereocenters. The van der Waals surface area contributed by atoms with Crippen molar-refractivity contribution in [2.45, 2.75) is 13.8 Å². The lowest BCUT2D eigenvalue weighted by molar-refractivity contribution is 0.630. The summed E-state index contributed by atoms with van der Waals surface area (Å²) in [6.45, 7) is 3.46. The van der Waals surface area contributed by atoms with Gasteiger partial charge in [0.15, 0.2) is 5.82 Å². The van der Waals surface area contributed by atoms with E-state index in [9.17, 15) is 4.39 Å². The van der Waals surface area contributed by atoms with Gasteiger partial charge in [-0.3, -0.25) is 4.98 Å². The van der Waals surface area contributed by atoms with Gasteiger partial charge >= 0.3 is 0 Å². The van der Waals surface area contributed by atoms with Gasteiger partial charge in [0.25, 0.3) is 0 Å². The third-order valence-electron chi connectivity index (χ3n) is 3.52. The van der Waals surface area contributed by atoms with E-state index in [1.807, 2.05) is 0 Å². The van der Waals surface area contributed by atoms with Crippen LogP contribution in [0, 0.1) is 18.2 Å². The molecule has 1 aromatic carbocycles. The summed E-state index contributed by atoms with van der Waals surface area (Å²) < 4.78 is 14.1. The lowest BCUT2D eigenvalue weighted by Crippen LogP contribution is -2.09. The lowest BCUT2D eigenvalue weighted by atomic mass is 10.1. The highest BCUT2D eigenvalue weighted by molar-refractivity contribution is 6.02. The molecule has 0 unspecified atom stereocenters. The number of halogens is 1. The van der Waals surface area contributed by atoms with Crippen LogP contribution in [0.5, 0.6) is 0 Å². The Morgan fingerprint density at radius 1 is 1.08 bits per heavy atom. The minimum absolute atomic E-state index is 0.284. The number of hydrogen-bond acceptors (Lipinski definition) is 5. The summed E-state index contributed by atoms with van der Waals surface area (Å²) in [7, 11) is 0. The molecular weight excluding hydrogens is 305 g/mol. The Balaban J connectivity index is 2.14. The smallest absolute Gasteiger partial charge is 0.164 e. The molecule has 3 rings (SSSR count). The minimum Gasteiger partial charge on any atom is -0.339 e. The average Bonchev–Trinajstić information content (AvgIpc) is 2.55. The Bertz CT molecular complexity index is 893. The third-order valence-corrected chi connectivity index (χ3v) is 3.52. The highest BCUT2D eigenvalue weighted by Gasteiger charge is 2.16. The number of nitrogens with one attached hydrogen (secondary N) is 2. The van der Waals surface area contributed by atoms with Crippen LogP contribution in [0.2, 0.25) is 0 Å². The van der Waals surface area contributed by atoms with Gasteiger partial charge in [-0.25, -0.2) is 14.4 Å². The minimum atomic E-state index is -0.383. The van der Waals surface area contributed by atoms with Gasteiger partial charge in [0.1, 0.15) is 11.6 Å². The molecule has 5 nitrogen and oxygen atoms in total. The maximum absolute atomic E-state index is 14.1. The first-order chi connectivity index (χ1) is 11.6. The van der Waals surface area contributed by atoms with E-state index in [0.717, 1.165) is 5.69 Å². The van der Waals surface area contributed by atoms with E-state index in [-0.39, 0.29) is 11.6 Å². The van der Waals surface area contributed by atoms with Gasteiger partial charge in [-0.1, -0.05) is 12.1 Å². The van der Waals surface area contributed by atoms with Crippen LogP contribution in [0.4, 0.5) is 15.9 Å². The SMILES string of the molecule is CC(=N)c1c(C)nc(-c2ccccc2F)nc1Nc1ccncc1. The normalized spacial score (nSPS) is 10.5. The molecule has 0 spiro atoms. The topological polar surface area (TPSA) is 74.6 Å². The largest absolute Gasteiger partial charge is 0.339 e. The van der Waals surface area contributed by atoms with Gasteiger partial charge in [0.05, 0.1) is 16.8 Å². The van der Waals surface area contributed by atoms with E-state index in [1.165, 1.54) is 6.07 Å². The lowest BCUT2D eigenvalue weighted by Gasteiger charge is -2.14. The maximum atomic E-state index is 14.1. The van der Waals surface area contributed by atoms with Crippen LogP contribution >= 0.6 is 0 Å². The van der Waals surface area contributed by atoms with Crippen molar-refractivity contribution in [3.8, 4) is 11.4 Å². The van der Waals surface area contributed by atoms with E-state index in [1.54, 1.807) is 56.6 Å². The summed E-state index contributed by atoms with van der Waals surface area (Å²) in [5.74, 6) is 0.373. The van der Waals surface area contributed by atoms with Crippen LogP contribution in [0.25, 0.3) is 11.4 Å². The van der Waals surface area contributed by atoms with E-state index in [2.05, 4.69) is 20.3 Å². The standard InChI is InChI=1S/C18H16FN5/c1-11(20)16-12(2)22-17(14-5-3-4-6-15(14)19)24-18(16)23-13-7-9-21-10-8-13/h3-10,20H,1-2H3,(H,21,22,23,24). The molecule has 0 aliphatic heterocycles. The first kappa shape index (κ1) is 15.7. The monoisotopic (exact) mass is 321 g/mol. The molecule has 0 bridgehead atoms. The Labute approximate surface area is 139 Å². The van der Waals surface area contributed by atoms with Crippen LogP contribution < -0.4 is 5.32 Å². The Morgan fingerprint density at radius 2 is 1.79 bits per heavy atom. The molecule has 0 aliphatic rings. The second-order valence-electron chi connectivity index (χ2n) is 5.32. The van der Waals surface area contributed by atoms with Crippen molar-refractivity contribution in [2.75, 3.05) is 5.32 Å². The highest BCUT2D eigenvalue weighted by Crippen LogP contribution is 2.26. The summed E-state index contributed by atoms with van der Waals surface area (Å²) in [6.07, 6.45) is 3.32. The van der Waals surface area contributed by atoms with Crippen molar-refractivity contribution in [1.29, 1.82) is 5.41 Å².